The summed E-state index contributed by atoms with van der Waals surface area (Å²) in [5.74, 6) is -12.1. The van der Waals surface area contributed by atoms with Crippen LogP contribution in [0.2, 0.25) is 0 Å². The Kier molecular flexibility index (Phi) is 21.4. The van der Waals surface area contributed by atoms with Gasteiger partial charge in [-0.3, -0.25) is 48.1 Å². The highest BCUT2D eigenvalue weighted by Gasteiger charge is 2.33. The number of aromatic amines is 1. The Morgan fingerprint density at radius 1 is 0.707 bits per heavy atom. The van der Waals surface area contributed by atoms with Gasteiger partial charge in [0.2, 0.25) is 41.4 Å². The lowest BCUT2D eigenvalue weighted by atomic mass is 10.0. The first-order chi connectivity index (χ1) is 27.2. The topological polar surface area (TPSA) is 469 Å². The first-order valence-corrected chi connectivity index (χ1v) is 17.4. The predicted octanol–water partition coefficient (Wildman–Crippen LogP) is -7.44. The Morgan fingerprint density at radius 2 is 1.29 bits per heavy atom. The molecule has 0 saturated heterocycles. The summed E-state index contributed by atoms with van der Waals surface area (Å²) in [6.45, 7) is -1.96. The smallest absolute Gasteiger partial charge is 0.328 e. The molecule has 0 aliphatic carbocycles. The molecule has 58 heavy (non-hydrogen) atoms. The van der Waals surface area contributed by atoms with Crippen LogP contribution in [0.5, 0.6) is 0 Å². The number of carbonyl (C=O) groups excluding carboxylic acids is 7. The van der Waals surface area contributed by atoms with Gasteiger partial charge in [-0.2, -0.15) is 0 Å². The fourth-order valence-electron chi connectivity index (χ4n) is 4.76. The van der Waals surface area contributed by atoms with Crippen LogP contribution in [0.3, 0.4) is 0 Å². The number of rotatable bonds is 28. The average molecular weight is 828 g/mol. The molecule has 27 heteroatoms. The molecule has 0 fully saturated rings. The number of aliphatic imine (C=N–C) groups is 1. The van der Waals surface area contributed by atoms with Gasteiger partial charge in [-0.25, -0.2) is 9.78 Å². The van der Waals surface area contributed by atoms with Gasteiger partial charge in [0.25, 0.3) is 0 Å². The summed E-state index contributed by atoms with van der Waals surface area (Å²) in [7, 11) is 0. The SMILES string of the molecule is NC(=O)CC[C@H](N)C(=O)N[C@@H](Cc1cnc[nH]1)C(=O)N[C@@H](CCCN=C(N)N)C(=O)N[C@@H](CCC(=O)O)C(=O)N[C@@H](CC(=O)O)C(=O)NCC(=O)N[C@@H](CO)C(=O)O. The molecule has 322 valence electrons. The van der Waals surface area contributed by atoms with Gasteiger partial charge in [-0.05, 0) is 25.7 Å². The van der Waals surface area contributed by atoms with Crippen LogP contribution < -0.4 is 54.8 Å². The first kappa shape index (κ1) is 49.1. The highest BCUT2D eigenvalue weighted by atomic mass is 16.4. The second-order valence-corrected chi connectivity index (χ2v) is 12.5. The Morgan fingerprint density at radius 3 is 1.81 bits per heavy atom. The maximum Gasteiger partial charge on any atom is 0.328 e. The number of aliphatic carboxylic acids is 3. The van der Waals surface area contributed by atoms with Crippen molar-refractivity contribution in [2.75, 3.05) is 19.7 Å². The molecule has 1 rings (SSSR count). The van der Waals surface area contributed by atoms with Gasteiger partial charge in [0.1, 0.15) is 30.2 Å². The van der Waals surface area contributed by atoms with Crippen molar-refractivity contribution in [3.05, 3.63) is 18.2 Å². The minimum absolute atomic E-state index is 0.0395. The molecular weight excluding hydrogens is 778 g/mol. The molecule has 0 aromatic carbocycles. The standard InChI is InChI=1S/C31H49N13O14/c32-15(3-5-21(33)46)25(52)43-18(8-14-10-36-13-39-14)29(56)41-16(2-1-7-37-31(34)35)27(54)42-17(4-6-23(48)49)28(55)44-19(9-24(50)51)26(53)38-11-22(47)40-20(12-45)30(57)58/h10,13,15-20,45H,1-9,11-12,32H2,(H2,33,46)(H,36,39)(H,38,53)(H,40,47)(H,41,56)(H,42,54)(H,43,52)(H,44,55)(H,48,49)(H,50,51)(H,57,58)(H4,34,35,37)/t15-,16-,17-,18-,19-,20-/m0/s1. The van der Waals surface area contributed by atoms with Crippen LogP contribution in [-0.2, 0) is 54.4 Å². The van der Waals surface area contributed by atoms with Crippen molar-refractivity contribution < 1.29 is 68.4 Å². The maximum absolute atomic E-state index is 13.7. The van der Waals surface area contributed by atoms with E-state index in [1.165, 1.54) is 12.5 Å². The van der Waals surface area contributed by atoms with E-state index >= 15 is 0 Å². The third-order valence-electron chi connectivity index (χ3n) is 7.76. The number of guanidine groups is 1. The van der Waals surface area contributed by atoms with Crippen molar-refractivity contribution in [1.82, 2.24) is 41.9 Å². The number of carboxylic acid groups (broad SMARTS) is 3. The van der Waals surface area contributed by atoms with E-state index in [0.29, 0.717) is 5.69 Å². The van der Waals surface area contributed by atoms with Gasteiger partial charge >= 0.3 is 17.9 Å². The molecule has 19 N–H and O–H groups in total. The summed E-state index contributed by atoms with van der Waals surface area (Å²) in [6.07, 6.45) is -0.558. The van der Waals surface area contributed by atoms with Gasteiger partial charge in [-0.15, -0.1) is 0 Å². The minimum atomic E-state index is -1.92. The van der Waals surface area contributed by atoms with Crippen LogP contribution in [0.25, 0.3) is 0 Å². The summed E-state index contributed by atoms with van der Waals surface area (Å²) in [5.41, 5.74) is 22.1. The zero-order chi connectivity index (χ0) is 43.9. The lowest BCUT2D eigenvalue weighted by Crippen LogP contribution is -2.59. The summed E-state index contributed by atoms with van der Waals surface area (Å²) >= 11 is 0. The molecule has 6 atom stereocenters. The zero-order valence-corrected chi connectivity index (χ0v) is 31.0. The molecule has 0 bridgehead atoms. The first-order valence-electron chi connectivity index (χ1n) is 17.4. The van der Waals surface area contributed by atoms with Crippen molar-refractivity contribution in [2.24, 2.45) is 27.9 Å². The highest BCUT2D eigenvalue weighted by molar-refractivity contribution is 5.97. The second-order valence-electron chi connectivity index (χ2n) is 12.5. The van der Waals surface area contributed by atoms with Crippen molar-refractivity contribution in [1.29, 1.82) is 0 Å². The van der Waals surface area contributed by atoms with E-state index < -0.39 is 128 Å². The van der Waals surface area contributed by atoms with E-state index in [9.17, 15) is 58.2 Å². The van der Waals surface area contributed by atoms with Crippen LogP contribution >= 0.6 is 0 Å². The van der Waals surface area contributed by atoms with Crippen LogP contribution in [0.15, 0.2) is 17.5 Å². The van der Waals surface area contributed by atoms with Crippen LogP contribution in [0.4, 0.5) is 0 Å². The molecule has 0 unspecified atom stereocenters. The lowest BCUT2D eigenvalue weighted by molar-refractivity contribution is -0.143. The summed E-state index contributed by atoms with van der Waals surface area (Å²) in [5, 5.41) is 49.9. The van der Waals surface area contributed by atoms with E-state index in [1.807, 2.05) is 10.6 Å². The summed E-state index contributed by atoms with van der Waals surface area (Å²) in [6, 6.07) is -9.64. The summed E-state index contributed by atoms with van der Waals surface area (Å²) < 4.78 is 0. The molecule has 0 radical (unpaired) electrons. The fraction of sp³-hybridized carbons (Fsp3) is 0.548. The normalized spacial score (nSPS) is 13.8. The number of carboxylic acids is 3. The third-order valence-corrected chi connectivity index (χ3v) is 7.76. The predicted molar refractivity (Wildman–Crippen MR) is 195 cm³/mol. The Bertz CT molecular complexity index is 1650. The number of hydrogen-bond donors (Lipinski definition) is 15. The molecular formula is C31H49N13O14. The van der Waals surface area contributed by atoms with Crippen LogP contribution in [-0.4, -0.2) is 152 Å². The largest absolute Gasteiger partial charge is 0.481 e. The number of H-pyrrole nitrogens is 1. The molecule has 0 aliphatic rings. The van der Waals surface area contributed by atoms with E-state index in [0.717, 1.165) is 0 Å². The Balaban J connectivity index is 3.34. The van der Waals surface area contributed by atoms with Crippen molar-refractivity contribution >= 4 is 65.2 Å². The van der Waals surface area contributed by atoms with Crippen molar-refractivity contribution in [3.8, 4) is 0 Å². The zero-order valence-electron chi connectivity index (χ0n) is 31.0. The number of aromatic nitrogens is 2. The van der Waals surface area contributed by atoms with E-state index in [-0.39, 0.29) is 44.6 Å². The number of amides is 7. The maximum atomic E-state index is 13.7. The summed E-state index contributed by atoms with van der Waals surface area (Å²) in [4.78, 5) is 134. The molecule has 0 aliphatic heterocycles. The monoisotopic (exact) mass is 827 g/mol. The van der Waals surface area contributed by atoms with Crippen molar-refractivity contribution in [3.63, 3.8) is 0 Å². The molecule has 0 saturated carbocycles. The molecule has 1 heterocycles. The molecule has 27 nitrogen and oxygen atoms in total. The molecule has 0 spiro atoms. The number of aliphatic hydroxyl groups excluding tert-OH is 1. The fourth-order valence-corrected chi connectivity index (χ4v) is 4.76. The second kappa shape index (κ2) is 25.3. The minimum Gasteiger partial charge on any atom is -0.481 e. The lowest BCUT2D eigenvalue weighted by Gasteiger charge is -2.26. The van der Waals surface area contributed by atoms with E-state index in [4.69, 9.17) is 33.1 Å². The van der Waals surface area contributed by atoms with E-state index in [1.54, 1.807) is 0 Å². The third kappa shape index (κ3) is 19.6. The molecule has 1 aromatic heterocycles. The number of hydrogen-bond acceptors (Lipinski definition) is 14. The van der Waals surface area contributed by atoms with Crippen molar-refractivity contribution in [2.45, 2.75) is 87.6 Å². The van der Waals surface area contributed by atoms with Crippen LogP contribution in [0, 0.1) is 0 Å². The van der Waals surface area contributed by atoms with Gasteiger partial charge in [-0.1, -0.05) is 0 Å². The number of imidazole rings is 1. The van der Waals surface area contributed by atoms with E-state index in [2.05, 4.69) is 36.2 Å². The van der Waals surface area contributed by atoms with Gasteiger partial charge in [0.05, 0.1) is 31.9 Å². The number of primary amides is 1. The highest BCUT2D eigenvalue weighted by Crippen LogP contribution is 2.08. The number of carbonyl (C=O) groups is 10. The Hall–Kier alpha value is -6.90. The Labute approximate surface area is 328 Å². The average Bonchev–Trinajstić information content (AvgIpc) is 3.66. The number of nitrogens with one attached hydrogen (secondary N) is 7. The number of aliphatic hydroxyl groups is 1. The van der Waals surface area contributed by atoms with Gasteiger partial charge in [0.15, 0.2) is 5.96 Å². The quantitative estimate of drug-likeness (QED) is 0.0212. The number of nitrogens with two attached hydrogens (primary N) is 4. The van der Waals surface area contributed by atoms with Crippen LogP contribution in [0.1, 0.15) is 50.6 Å². The molecule has 1 aromatic rings. The van der Waals surface area contributed by atoms with Gasteiger partial charge < -0.3 is 80.2 Å². The molecule has 7 amide bonds. The van der Waals surface area contributed by atoms with Gasteiger partial charge in [0, 0.05) is 37.7 Å². The number of nitrogens with zero attached hydrogens (tertiary/aromatic N) is 2.